The standard InChI is InChI=1S/C20H36N6O2/c1-4-17-16(18(5-2)28-25-17)13-24-20(22-6-3)23-10-8-12-26-11-7-9-15(14-26)19(21)27/h15H,4-14H2,1-3H3,(H2,21,27)(H2,22,23,24). The second-order valence-corrected chi connectivity index (χ2v) is 7.26. The fourth-order valence-electron chi connectivity index (χ4n) is 3.62. The Morgan fingerprint density at radius 1 is 1.32 bits per heavy atom. The van der Waals surface area contributed by atoms with Crippen LogP contribution in [0.1, 0.15) is 57.1 Å². The van der Waals surface area contributed by atoms with Crippen LogP contribution in [-0.4, -0.2) is 54.6 Å². The Bertz CT molecular complexity index is 621. The smallest absolute Gasteiger partial charge is 0.221 e. The molecule has 0 bridgehead atoms. The maximum absolute atomic E-state index is 11.4. The van der Waals surface area contributed by atoms with Crippen molar-refractivity contribution in [2.45, 2.75) is 59.4 Å². The fraction of sp³-hybridized carbons (Fsp3) is 0.750. The second kappa shape index (κ2) is 11.7. The molecule has 1 amide bonds. The van der Waals surface area contributed by atoms with Crippen LogP contribution in [0.25, 0.3) is 0 Å². The minimum absolute atomic E-state index is 0.00434. The number of aliphatic imine (C=N–C) groups is 1. The zero-order chi connectivity index (χ0) is 20.4. The van der Waals surface area contributed by atoms with E-state index in [9.17, 15) is 4.79 Å². The van der Waals surface area contributed by atoms with Crippen molar-refractivity contribution in [2.75, 3.05) is 32.7 Å². The van der Waals surface area contributed by atoms with Gasteiger partial charge in [0.1, 0.15) is 5.76 Å². The molecule has 0 spiro atoms. The number of carbonyl (C=O) groups excluding carboxylic acids is 1. The maximum atomic E-state index is 11.4. The molecule has 0 aliphatic carbocycles. The number of hydrogen-bond acceptors (Lipinski definition) is 5. The van der Waals surface area contributed by atoms with Crippen LogP contribution in [0.3, 0.4) is 0 Å². The maximum Gasteiger partial charge on any atom is 0.221 e. The molecule has 0 radical (unpaired) electrons. The third-order valence-corrected chi connectivity index (χ3v) is 5.20. The van der Waals surface area contributed by atoms with Crippen LogP contribution in [0, 0.1) is 5.92 Å². The number of guanidine groups is 1. The number of amides is 1. The van der Waals surface area contributed by atoms with Gasteiger partial charge in [-0.3, -0.25) is 4.79 Å². The fourth-order valence-corrected chi connectivity index (χ4v) is 3.62. The highest BCUT2D eigenvalue weighted by Crippen LogP contribution is 2.17. The average Bonchev–Trinajstić information content (AvgIpc) is 3.11. The van der Waals surface area contributed by atoms with Crippen molar-refractivity contribution < 1.29 is 9.32 Å². The summed E-state index contributed by atoms with van der Waals surface area (Å²) in [6, 6.07) is 0. The third-order valence-electron chi connectivity index (χ3n) is 5.20. The summed E-state index contributed by atoms with van der Waals surface area (Å²) in [5.41, 5.74) is 7.55. The number of carbonyl (C=O) groups is 1. The minimum atomic E-state index is -0.170. The molecule has 1 aromatic heterocycles. The quantitative estimate of drug-likeness (QED) is 0.316. The Morgan fingerprint density at radius 3 is 2.82 bits per heavy atom. The summed E-state index contributed by atoms with van der Waals surface area (Å²) in [5.74, 6) is 1.56. The lowest BCUT2D eigenvalue weighted by Gasteiger charge is -2.31. The number of aryl methyl sites for hydroxylation is 2. The Morgan fingerprint density at radius 2 is 2.14 bits per heavy atom. The van der Waals surface area contributed by atoms with Crippen molar-refractivity contribution in [2.24, 2.45) is 16.6 Å². The molecule has 28 heavy (non-hydrogen) atoms. The molecule has 2 rings (SSSR count). The molecule has 1 aromatic rings. The van der Waals surface area contributed by atoms with E-state index in [1.54, 1.807) is 0 Å². The third kappa shape index (κ3) is 6.51. The van der Waals surface area contributed by atoms with Crippen molar-refractivity contribution in [1.29, 1.82) is 0 Å². The lowest BCUT2D eigenvalue weighted by molar-refractivity contribution is -0.123. The summed E-state index contributed by atoms with van der Waals surface area (Å²) in [4.78, 5) is 18.4. The average molecular weight is 393 g/mol. The Kier molecular flexibility index (Phi) is 9.27. The van der Waals surface area contributed by atoms with Gasteiger partial charge in [-0.15, -0.1) is 0 Å². The highest BCUT2D eigenvalue weighted by atomic mass is 16.5. The van der Waals surface area contributed by atoms with Gasteiger partial charge in [-0.1, -0.05) is 19.0 Å². The summed E-state index contributed by atoms with van der Waals surface area (Å²) in [6.45, 7) is 11.2. The molecule has 1 unspecified atom stereocenters. The Labute approximate surface area is 168 Å². The number of nitrogens with one attached hydrogen (secondary N) is 2. The van der Waals surface area contributed by atoms with Gasteiger partial charge in [-0.25, -0.2) is 4.99 Å². The van der Waals surface area contributed by atoms with Gasteiger partial charge in [0.25, 0.3) is 0 Å². The molecule has 1 aliphatic rings. The zero-order valence-corrected chi connectivity index (χ0v) is 17.6. The molecule has 0 aromatic carbocycles. The molecular weight excluding hydrogens is 356 g/mol. The molecule has 1 fully saturated rings. The van der Waals surface area contributed by atoms with E-state index < -0.39 is 0 Å². The summed E-state index contributed by atoms with van der Waals surface area (Å²) >= 11 is 0. The summed E-state index contributed by atoms with van der Waals surface area (Å²) < 4.78 is 5.42. The molecule has 158 valence electrons. The van der Waals surface area contributed by atoms with Gasteiger partial charge in [0.2, 0.25) is 5.91 Å². The topological polar surface area (TPSA) is 109 Å². The molecule has 1 aliphatic heterocycles. The van der Waals surface area contributed by atoms with Gasteiger partial charge in [-0.05, 0) is 45.7 Å². The van der Waals surface area contributed by atoms with Crippen LogP contribution >= 0.6 is 0 Å². The molecule has 8 nitrogen and oxygen atoms in total. The predicted molar refractivity (Wildman–Crippen MR) is 111 cm³/mol. The summed E-state index contributed by atoms with van der Waals surface area (Å²) in [7, 11) is 0. The van der Waals surface area contributed by atoms with Crippen molar-refractivity contribution in [1.82, 2.24) is 20.7 Å². The zero-order valence-electron chi connectivity index (χ0n) is 17.6. The first kappa shape index (κ1) is 22.2. The van der Waals surface area contributed by atoms with Crippen LogP contribution < -0.4 is 16.4 Å². The SMILES string of the molecule is CCNC(=NCc1c(CC)noc1CC)NCCCN1CCCC(C(N)=O)C1. The van der Waals surface area contributed by atoms with E-state index in [1.807, 2.05) is 0 Å². The first-order valence-corrected chi connectivity index (χ1v) is 10.6. The van der Waals surface area contributed by atoms with Crippen molar-refractivity contribution in [3.05, 3.63) is 17.0 Å². The second-order valence-electron chi connectivity index (χ2n) is 7.26. The van der Waals surface area contributed by atoms with E-state index in [0.29, 0.717) is 6.54 Å². The number of piperidine rings is 1. The van der Waals surface area contributed by atoms with E-state index >= 15 is 0 Å². The summed E-state index contributed by atoms with van der Waals surface area (Å²) in [6.07, 6.45) is 4.63. The lowest BCUT2D eigenvalue weighted by atomic mass is 9.97. The van der Waals surface area contributed by atoms with Crippen LogP contribution in [-0.2, 0) is 24.2 Å². The van der Waals surface area contributed by atoms with Gasteiger partial charge in [0.05, 0.1) is 18.2 Å². The predicted octanol–water partition coefficient (Wildman–Crippen LogP) is 1.44. The van der Waals surface area contributed by atoms with E-state index in [0.717, 1.165) is 87.8 Å². The number of hydrogen-bond donors (Lipinski definition) is 3. The van der Waals surface area contributed by atoms with Crippen molar-refractivity contribution in [3.63, 3.8) is 0 Å². The minimum Gasteiger partial charge on any atom is -0.369 e. The van der Waals surface area contributed by atoms with Crippen molar-refractivity contribution >= 4 is 11.9 Å². The van der Waals surface area contributed by atoms with E-state index in [2.05, 4.69) is 41.5 Å². The van der Waals surface area contributed by atoms with Gasteiger partial charge >= 0.3 is 0 Å². The first-order chi connectivity index (χ1) is 13.6. The van der Waals surface area contributed by atoms with Crippen LogP contribution in [0.4, 0.5) is 0 Å². The van der Waals surface area contributed by atoms with Gasteiger partial charge in [0, 0.05) is 31.6 Å². The largest absolute Gasteiger partial charge is 0.369 e. The van der Waals surface area contributed by atoms with Gasteiger partial charge in [0.15, 0.2) is 5.96 Å². The molecule has 0 saturated carbocycles. The lowest BCUT2D eigenvalue weighted by Crippen LogP contribution is -2.43. The van der Waals surface area contributed by atoms with E-state index in [4.69, 9.17) is 15.2 Å². The first-order valence-electron chi connectivity index (χ1n) is 10.6. The number of rotatable bonds is 10. The molecule has 1 atom stereocenters. The molecule has 1 saturated heterocycles. The van der Waals surface area contributed by atoms with E-state index in [1.165, 1.54) is 0 Å². The van der Waals surface area contributed by atoms with Gasteiger partial charge in [-0.2, -0.15) is 0 Å². The highest BCUT2D eigenvalue weighted by Gasteiger charge is 2.23. The number of aromatic nitrogens is 1. The van der Waals surface area contributed by atoms with Crippen LogP contribution in [0.2, 0.25) is 0 Å². The number of likely N-dealkylation sites (tertiary alicyclic amines) is 1. The number of nitrogens with two attached hydrogens (primary N) is 1. The molecule has 4 N–H and O–H groups in total. The van der Waals surface area contributed by atoms with Crippen LogP contribution in [0.5, 0.6) is 0 Å². The Hall–Kier alpha value is -2.09. The van der Waals surface area contributed by atoms with Crippen LogP contribution in [0.15, 0.2) is 9.52 Å². The number of primary amides is 1. The number of nitrogens with zero attached hydrogens (tertiary/aromatic N) is 3. The highest BCUT2D eigenvalue weighted by molar-refractivity contribution is 5.79. The molecule has 2 heterocycles. The normalized spacial score (nSPS) is 18.2. The Balaban J connectivity index is 1.82. The van der Waals surface area contributed by atoms with Gasteiger partial charge < -0.3 is 25.8 Å². The van der Waals surface area contributed by atoms with Crippen molar-refractivity contribution in [3.8, 4) is 0 Å². The van der Waals surface area contributed by atoms with E-state index in [-0.39, 0.29) is 11.8 Å². The monoisotopic (exact) mass is 392 g/mol. The molecule has 8 heteroatoms. The summed E-state index contributed by atoms with van der Waals surface area (Å²) in [5, 5.41) is 10.8. The molecular formula is C20H36N6O2.